The molecule has 0 bridgehead atoms. The van der Waals surface area contributed by atoms with Crippen LogP contribution >= 0.6 is 0 Å². The molecule has 2 saturated heterocycles. The van der Waals surface area contributed by atoms with E-state index in [0.717, 1.165) is 43.6 Å². The minimum absolute atomic E-state index is 0. The van der Waals surface area contributed by atoms with Crippen LogP contribution in [-0.4, -0.2) is 45.0 Å². The summed E-state index contributed by atoms with van der Waals surface area (Å²) in [7, 11) is -3.13. The van der Waals surface area contributed by atoms with E-state index in [1.807, 2.05) is 0 Å². The lowest BCUT2D eigenvalue weighted by atomic mass is 9.52. The van der Waals surface area contributed by atoms with Crippen molar-refractivity contribution in [2.75, 3.05) is 12.8 Å². The number of fused-ring (bicyclic) bond motifs is 6. The van der Waals surface area contributed by atoms with E-state index < -0.39 is 10.0 Å². The first-order chi connectivity index (χ1) is 16.5. The molecule has 2 aliphatic heterocycles. The maximum absolute atomic E-state index is 11.9. The van der Waals surface area contributed by atoms with Crippen molar-refractivity contribution in [3.63, 3.8) is 0 Å². The number of allylic oxidation sites excluding steroid dienone is 1. The molecule has 4 aliphatic carbocycles. The first-order valence-electron chi connectivity index (χ1n) is 14.6. The Balaban J connectivity index is 0.00000133. The summed E-state index contributed by atoms with van der Waals surface area (Å²) in [6.07, 6.45) is 13.6. The molecule has 6 heteroatoms. The minimum Gasteiger partial charge on any atom is -0.369 e. The Hall–Kier alpha value is -0.430. The Kier molecular flexibility index (Phi) is 6.07. The number of ether oxygens (including phenoxy) is 1. The summed E-state index contributed by atoms with van der Waals surface area (Å²) in [5.74, 6) is 4.28. The fourth-order valence-corrected chi connectivity index (χ4v) is 11.1. The first-order valence-corrected chi connectivity index (χ1v) is 16.5. The van der Waals surface area contributed by atoms with Gasteiger partial charge in [-0.3, -0.25) is 0 Å². The van der Waals surface area contributed by atoms with Crippen LogP contribution in [0.25, 0.3) is 0 Å². The number of piperidine rings is 1. The summed E-state index contributed by atoms with van der Waals surface area (Å²) in [5, 5.41) is 3.85. The van der Waals surface area contributed by atoms with Crippen molar-refractivity contribution in [2.45, 2.75) is 116 Å². The topological polar surface area (TPSA) is 67.4 Å². The predicted octanol–water partition coefficient (Wildman–Crippen LogP) is 5.77. The van der Waals surface area contributed by atoms with Gasteiger partial charge in [-0.05, 0) is 113 Å². The smallest absolute Gasteiger partial charge is 0.208 e. The van der Waals surface area contributed by atoms with Gasteiger partial charge < -0.3 is 10.1 Å². The van der Waals surface area contributed by atoms with Gasteiger partial charge in [0.25, 0.3) is 0 Å². The van der Waals surface area contributed by atoms with Crippen molar-refractivity contribution in [1.29, 1.82) is 0 Å². The van der Waals surface area contributed by atoms with Gasteiger partial charge in [-0.15, -0.1) is 0 Å². The van der Waals surface area contributed by atoms with Crippen molar-refractivity contribution in [3.05, 3.63) is 11.1 Å². The highest BCUT2D eigenvalue weighted by Gasteiger charge is 2.59. The van der Waals surface area contributed by atoms with E-state index in [2.05, 4.69) is 37.7 Å². The second-order valence-electron chi connectivity index (χ2n) is 14.0. The van der Waals surface area contributed by atoms with Crippen LogP contribution in [0.15, 0.2) is 11.1 Å². The van der Waals surface area contributed by atoms with Crippen LogP contribution in [0.4, 0.5) is 0 Å². The zero-order chi connectivity index (χ0) is 24.8. The van der Waals surface area contributed by atoms with E-state index in [9.17, 15) is 8.42 Å². The van der Waals surface area contributed by atoms with Gasteiger partial charge in [0.05, 0.1) is 18.0 Å². The molecule has 5 nitrogen and oxygen atoms in total. The maximum Gasteiger partial charge on any atom is 0.208 e. The third kappa shape index (κ3) is 4.08. The van der Waals surface area contributed by atoms with E-state index in [1.54, 1.807) is 11.1 Å². The monoisotopic (exact) mass is 510 g/mol. The summed E-state index contributed by atoms with van der Waals surface area (Å²) in [6, 6.07) is 0.660. The molecule has 0 aromatic rings. The molecule has 11 atom stereocenters. The van der Waals surface area contributed by atoms with Crippen LogP contribution in [0.2, 0.25) is 0 Å². The van der Waals surface area contributed by atoms with Gasteiger partial charge in [-0.1, -0.05) is 31.9 Å². The fourth-order valence-electron chi connectivity index (χ4n) is 10.2. The van der Waals surface area contributed by atoms with E-state index in [0.29, 0.717) is 35.3 Å². The third-order valence-electron chi connectivity index (χ3n) is 12.0. The molecular weight excluding hydrogens is 456 g/mol. The summed E-state index contributed by atoms with van der Waals surface area (Å²) in [6.45, 7) is 11.0. The van der Waals surface area contributed by atoms with Crippen LogP contribution in [-0.2, 0) is 14.8 Å². The Bertz CT molecular complexity index is 1010. The van der Waals surface area contributed by atoms with Gasteiger partial charge >= 0.3 is 0 Å². The first kappa shape index (κ1) is 24.9. The van der Waals surface area contributed by atoms with Crippen molar-refractivity contribution < 1.29 is 17.4 Å². The lowest BCUT2D eigenvalue weighted by molar-refractivity contribution is -0.0746. The SMILES string of the molecule is CC1=C2CC3[C@@H](CC[C@@H]4C[C@@H](NS(C)(=O)=O)CC[C@]34C)[C@@H]2CC[C@@]2(C1)O[C@@H]1C[C@H](C)CN[C@H]1[C@H]2C.[HH].[HH].[HH]. The lowest BCUT2D eigenvalue weighted by Gasteiger charge is -2.54. The van der Waals surface area contributed by atoms with Crippen LogP contribution in [0, 0.1) is 40.9 Å². The maximum atomic E-state index is 11.9. The van der Waals surface area contributed by atoms with Crippen LogP contribution in [0.5, 0.6) is 0 Å². The normalized spacial score (nSPS) is 52.0. The van der Waals surface area contributed by atoms with Crippen LogP contribution in [0.3, 0.4) is 0 Å². The van der Waals surface area contributed by atoms with Crippen molar-refractivity contribution >= 4 is 10.0 Å². The molecule has 5 fully saturated rings. The van der Waals surface area contributed by atoms with Crippen molar-refractivity contribution in [1.82, 2.24) is 10.0 Å². The Morgan fingerprint density at radius 1 is 1.11 bits per heavy atom. The highest BCUT2D eigenvalue weighted by molar-refractivity contribution is 7.88. The Morgan fingerprint density at radius 2 is 1.91 bits per heavy atom. The molecule has 3 saturated carbocycles. The molecule has 2 N–H and O–H groups in total. The molecule has 6 aliphatic rings. The molecular formula is C29H54N2O3S. The molecule has 0 aromatic heterocycles. The van der Waals surface area contributed by atoms with Crippen molar-refractivity contribution in [3.8, 4) is 0 Å². The number of rotatable bonds is 2. The summed E-state index contributed by atoms with van der Waals surface area (Å²) < 4.78 is 33.7. The van der Waals surface area contributed by atoms with E-state index in [-0.39, 0.29) is 15.9 Å². The summed E-state index contributed by atoms with van der Waals surface area (Å²) in [4.78, 5) is 0. The van der Waals surface area contributed by atoms with Gasteiger partial charge in [0.2, 0.25) is 10.0 Å². The molecule has 1 spiro atoms. The molecule has 204 valence electrons. The van der Waals surface area contributed by atoms with E-state index >= 15 is 0 Å². The Morgan fingerprint density at radius 3 is 2.69 bits per heavy atom. The number of nitrogens with one attached hydrogen (secondary N) is 2. The molecule has 2 heterocycles. The van der Waals surface area contributed by atoms with Gasteiger partial charge in [0.15, 0.2) is 0 Å². The second kappa shape index (κ2) is 8.54. The quantitative estimate of drug-likeness (QED) is 0.463. The lowest BCUT2D eigenvalue weighted by Crippen LogP contribution is -2.50. The third-order valence-corrected chi connectivity index (χ3v) is 12.8. The van der Waals surface area contributed by atoms with Gasteiger partial charge in [-0.25, -0.2) is 13.1 Å². The van der Waals surface area contributed by atoms with Gasteiger partial charge in [0.1, 0.15) is 0 Å². The fraction of sp³-hybridized carbons (Fsp3) is 0.931. The van der Waals surface area contributed by atoms with Crippen molar-refractivity contribution in [2.24, 2.45) is 40.9 Å². The predicted molar refractivity (Wildman–Crippen MR) is 147 cm³/mol. The molecule has 0 aromatic carbocycles. The molecule has 0 amide bonds. The largest absolute Gasteiger partial charge is 0.369 e. The average Bonchev–Trinajstić information content (AvgIpc) is 3.23. The molecule has 1 unspecified atom stereocenters. The summed E-state index contributed by atoms with van der Waals surface area (Å²) >= 11 is 0. The highest BCUT2D eigenvalue weighted by Crippen LogP contribution is 2.65. The zero-order valence-electron chi connectivity index (χ0n) is 22.6. The van der Waals surface area contributed by atoms with Crippen LogP contribution < -0.4 is 10.0 Å². The van der Waals surface area contributed by atoms with Crippen LogP contribution in [0.1, 0.15) is 96.2 Å². The standard InChI is InChI=1S/C29H48N2O3S.3H2/c1-17-12-26-27(30-16-17)19(3)29(34-26)11-9-22-23-7-6-20-13-21(31-35(5,32)33)8-10-28(20,4)25(23)14-24(22)18(2)15-29;;;/h17,19-23,25-27,30-31H,6-16H2,1-5H3;3*1H/t17-,19+,20+,21-,22-,23-,25?,26+,27-,28-,29-;;;/m0.../s1. The minimum atomic E-state index is -3.13. The number of hydrogen-bond donors (Lipinski definition) is 2. The highest BCUT2D eigenvalue weighted by atomic mass is 32.2. The van der Waals surface area contributed by atoms with Gasteiger partial charge in [0, 0.05) is 22.3 Å². The molecule has 6 rings (SSSR count). The number of hydrogen-bond acceptors (Lipinski definition) is 4. The molecule has 0 radical (unpaired) electrons. The second-order valence-corrected chi connectivity index (χ2v) is 15.8. The zero-order valence-corrected chi connectivity index (χ0v) is 23.4. The number of sulfonamides is 1. The van der Waals surface area contributed by atoms with E-state index in [4.69, 9.17) is 4.74 Å². The molecule has 35 heavy (non-hydrogen) atoms. The Labute approximate surface area is 218 Å². The van der Waals surface area contributed by atoms with Gasteiger partial charge in [-0.2, -0.15) is 0 Å². The summed E-state index contributed by atoms with van der Waals surface area (Å²) in [5.41, 5.74) is 3.83. The van der Waals surface area contributed by atoms with E-state index in [1.165, 1.54) is 51.2 Å². The average molecular weight is 511 g/mol.